The van der Waals surface area contributed by atoms with Crippen LogP contribution >= 0.6 is 0 Å². The quantitative estimate of drug-likeness (QED) is 0.835. The highest BCUT2D eigenvalue weighted by atomic mass is 32.2. The van der Waals surface area contributed by atoms with Gasteiger partial charge in [-0.3, -0.25) is 0 Å². The predicted molar refractivity (Wildman–Crippen MR) is 80.3 cm³/mol. The van der Waals surface area contributed by atoms with E-state index >= 15 is 0 Å². The molecule has 116 valence electrons. The van der Waals surface area contributed by atoms with Crippen molar-refractivity contribution in [3.63, 3.8) is 0 Å². The highest BCUT2D eigenvalue weighted by Gasteiger charge is 2.46. The Hall–Kier alpha value is -0.920. The summed E-state index contributed by atoms with van der Waals surface area (Å²) < 4.78 is 50.8. The van der Waals surface area contributed by atoms with Crippen molar-refractivity contribution < 1.29 is 16.8 Å². The Morgan fingerprint density at radius 2 is 1.76 bits per heavy atom. The molecule has 0 spiro atoms. The number of sulfone groups is 1. The van der Waals surface area contributed by atoms with E-state index in [4.69, 9.17) is 0 Å². The molecule has 2 aliphatic rings. The average Bonchev–Trinajstić information content (AvgIpc) is 3.14. The molecule has 2 fully saturated rings. The summed E-state index contributed by atoms with van der Waals surface area (Å²) in [6.07, 6.45) is 2.05. The Balaban J connectivity index is 2.00. The molecule has 1 atom stereocenters. The maximum absolute atomic E-state index is 13.0. The van der Waals surface area contributed by atoms with Gasteiger partial charge in [-0.25, -0.2) is 16.8 Å². The van der Waals surface area contributed by atoms with Gasteiger partial charge in [-0.1, -0.05) is 18.2 Å². The van der Waals surface area contributed by atoms with Crippen molar-refractivity contribution in [1.29, 1.82) is 0 Å². The van der Waals surface area contributed by atoms with Gasteiger partial charge in [0, 0.05) is 12.1 Å². The van der Waals surface area contributed by atoms with Crippen LogP contribution in [0.4, 0.5) is 0 Å². The standard InChI is InChI=1S/C14H19NO4S2/c1-11-4-2-3-5-14(11)21(18,19)15(12-6-7-12)13-8-9-20(16,17)10-13/h2-5,12-13H,6-10H2,1H3. The molecule has 0 radical (unpaired) electrons. The molecule has 1 aliphatic carbocycles. The summed E-state index contributed by atoms with van der Waals surface area (Å²) in [4.78, 5) is 0.293. The monoisotopic (exact) mass is 329 g/mol. The van der Waals surface area contributed by atoms with E-state index in [1.54, 1.807) is 31.2 Å². The molecule has 1 unspecified atom stereocenters. The third kappa shape index (κ3) is 2.86. The van der Waals surface area contributed by atoms with Crippen LogP contribution in [0, 0.1) is 6.92 Å². The van der Waals surface area contributed by atoms with Gasteiger partial charge in [-0.15, -0.1) is 0 Å². The van der Waals surface area contributed by atoms with Crippen molar-refractivity contribution in [3.8, 4) is 0 Å². The summed E-state index contributed by atoms with van der Waals surface area (Å²) in [6, 6.07) is 6.43. The van der Waals surface area contributed by atoms with Crippen molar-refractivity contribution in [3.05, 3.63) is 29.8 Å². The Kier molecular flexibility index (Phi) is 3.62. The zero-order valence-corrected chi connectivity index (χ0v) is 13.5. The highest BCUT2D eigenvalue weighted by Crippen LogP contribution is 2.37. The second kappa shape index (κ2) is 5.07. The van der Waals surface area contributed by atoms with Crippen molar-refractivity contribution >= 4 is 19.9 Å². The lowest BCUT2D eigenvalue weighted by atomic mass is 10.2. The van der Waals surface area contributed by atoms with E-state index in [0.29, 0.717) is 16.9 Å². The van der Waals surface area contributed by atoms with Gasteiger partial charge in [-0.05, 0) is 37.8 Å². The number of hydrogen-bond acceptors (Lipinski definition) is 4. The smallest absolute Gasteiger partial charge is 0.229 e. The van der Waals surface area contributed by atoms with E-state index in [9.17, 15) is 16.8 Å². The van der Waals surface area contributed by atoms with Gasteiger partial charge in [0.25, 0.3) is 0 Å². The zero-order valence-electron chi connectivity index (χ0n) is 11.9. The number of benzene rings is 1. The molecule has 0 N–H and O–H groups in total. The Bertz CT molecular complexity index is 751. The van der Waals surface area contributed by atoms with E-state index in [1.165, 1.54) is 4.31 Å². The fourth-order valence-corrected chi connectivity index (χ4v) is 6.89. The first-order chi connectivity index (χ1) is 9.81. The highest BCUT2D eigenvalue weighted by molar-refractivity contribution is 7.92. The van der Waals surface area contributed by atoms with E-state index in [-0.39, 0.29) is 17.5 Å². The fourth-order valence-electron chi connectivity index (χ4n) is 2.96. The largest absolute Gasteiger partial charge is 0.243 e. The maximum Gasteiger partial charge on any atom is 0.243 e. The van der Waals surface area contributed by atoms with E-state index in [0.717, 1.165) is 12.8 Å². The van der Waals surface area contributed by atoms with E-state index < -0.39 is 25.9 Å². The van der Waals surface area contributed by atoms with Gasteiger partial charge in [0.1, 0.15) is 0 Å². The van der Waals surface area contributed by atoms with Crippen LogP contribution in [-0.2, 0) is 19.9 Å². The number of hydrogen-bond donors (Lipinski definition) is 0. The van der Waals surface area contributed by atoms with Crippen LogP contribution in [0.15, 0.2) is 29.2 Å². The SMILES string of the molecule is Cc1ccccc1S(=O)(=O)N(C1CC1)C1CCS(=O)(=O)C1. The van der Waals surface area contributed by atoms with Gasteiger partial charge in [0.2, 0.25) is 10.0 Å². The van der Waals surface area contributed by atoms with Crippen molar-refractivity contribution in [1.82, 2.24) is 4.31 Å². The molecule has 0 amide bonds. The maximum atomic E-state index is 13.0. The topological polar surface area (TPSA) is 71.5 Å². The molecular formula is C14H19NO4S2. The number of rotatable bonds is 4. The lowest BCUT2D eigenvalue weighted by molar-refractivity contribution is 0.332. The van der Waals surface area contributed by atoms with Gasteiger partial charge in [0.15, 0.2) is 9.84 Å². The molecule has 1 aliphatic heterocycles. The summed E-state index contributed by atoms with van der Waals surface area (Å²) in [7, 11) is -6.74. The second-order valence-corrected chi connectivity index (χ2v) is 9.93. The van der Waals surface area contributed by atoms with Crippen molar-refractivity contribution in [2.45, 2.75) is 43.2 Å². The molecule has 0 aromatic heterocycles. The molecule has 3 rings (SSSR count). The summed E-state index contributed by atoms with van der Waals surface area (Å²) in [5, 5.41) is 0. The zero-order chi connectivity index (χ0) is 15.3. The molecular weight excluding hydrogens is 310 g/mol. The van der Waals surface area contributed by atoms with Crippen molar-refractivity contribution in [2.75, 3.05) is 11.5 Å². The molecule has 1 aromatic rings. The second-order valence-electron chi connectivity index (χ2n) is 5.89. The Labute approximate surface area is 125 Å². The number of sulfonamides is 1. The summed E-state index contributed by atoms with van der Waals surface area (Å²) in [6.45, 7) is 1.77. The normalized spacial score (nSPS) is 25.3. The molecule has 5 nitrogen and oxygen atoms in total. The van der Waals surface area contributed by atoms with Gasteiger partial charge >= 0.3 is 0 Å². The first kappa shape index (κ1) is 15.0. The molecule has 1 saturated heterocycles. The number of nitrogens with zero attached hydrogens (tertiary/aromatic N) is 1. The molecule has 7 heteroatoms. The molecule has 1 aromatic carbocycles. The molecule has 0 bridgehead atoms. The van der Waals surface area contributed by atoms with Crippen LogP contribution < -0.4 is 0 Å². The van der Waals surface area contributed by atoms with Gasteiger partial charge in [0.05, 0.1) is 16.4 Å². The van der Waals surface area contributed by atoms with Crippen LogP contribution in [-0.4, -0.2) is 44.7 Å². The summed E-state index contributed by atoms with van der Waals surface area (Å²) in [5.41, 5.74) is 0.698. The molecule has 1 heterocycles. The summed E-state index contributed by atoms with van der Waals surface area (Å²) >= 11 is 0. The minimum Gasteiger partial charge on any atom is -0.229 e. The minimum atomic E-state index is -3.63. The van der Waals surface area contributed by atoms with E-state index in [1.807, 2.05) is 0 Å². The Morgan fingerprint density at radius 3 is 2.29 bits per heavy atom. The Morgan fingerprint density at radius 1 is 1.10 bits per heavy atom. The lowest BCUT2D eigenvalue weighted by Crippen LogP contribution is -2.42. The van der Waals surface area contributed by atoms with Crippen LogP contribution in [0.25, 0.3) is 0 Å². The third-order valence-corrected chi connectivity index (χ3v) is 8.04. The lowest BCUT2D eigenvalue weighted by Gasteiger charge is -2.28. The fraction of sp³-hybridized carbons (Fsp3) is 0.571. The number of aryl methyl sites for hydroxylation is 1. The van der Waals surface area contributed by atoms with Gasteiger partial charge in [-0.2, -0.15) is 4.31 Å². The van der Waals surface area contributed by atoms with Crippen LogP contribution in [0.3, 0.4) is 0 Å². The third-order valence-electron chi connectivity index (χ3n) is 4.12. The first-order valence-electron chi connectivity index (χ1n) is 7.11. The average molecular weight is 329 g/mol. The van der Waals surface area contributed by atoms with E-state index in [2.05, 4.69) is 0 Å². The van der Waals surface area contributed by atoms with Gasteiger partial charge < -0.3 is 0 Å². The van der Waals surface area contributed by atoms with Crippen molar-refractivity contribution in [2.24, 2.45) is 0 Å². The van der Waals surface area contributed by atoms with Crippen LogP contribution in [0.2, 0.25) is 0 Å². The first-order valence-corrected chi connectivity index (χ1v) is 10.4. The summed E-state index contributed by atoms with van der Waals surface area (Å²) in [5.74, 6) is 0.0405. The minimum absolute atomic E-state index is 0.0343. The molecule has 1 saturated carbocycles. The van der Waals surface area contributed by atoms with Crippen LogP contribution in [0.1, 0.15) is 24.8 Å². The predicted octanol–water partition coefficient (Wildman–Crippen LogP) is 1.34. The van der Waals surface area contributed by atoms with Crippen LogP contribution in [0.5, 0.6) is 0 Å². The molecule has 21 heavy (non-hydrogen) atoms.